The molecule has 0 saturated heterocycles. The minimum atomic E-state index is -4.68. The highest BCUT2D eigenvalue weighted by molar-refractivity contribution is 7.80. The Kier molecular flexibility index (Phi) is 4.31. The zero-order valence-electron chi connectivity index (χ0n) is 21.3. The van der Waals surface area contributed by atoms with Crippen LogP contribution in [0.5, 0.6) is 0 Å². The number of rotatable bonds is 4. The van der Waals surface area contributed by atoms with Gasteiger partial charge in [-0.2, -0.15) is 8.42 Å². The molecule has 0 bridgehead atoms. The van der Waals surface area contributed by atoms with Gasteiger partial charge in [0.05, 0.1) is 13.6 Å². The van der Waals surface area contributed by atoms with Gasteiger partial charge < -0.3 is 15.3 Å². The van der Waals surface area contributed by atoms with E-state index in [0.717, 1.165) is 0 Å². The zero-order valence-corrected chi connectivity index (χ0v) is 18.1. The van der Waals surface area contributed by atoms with Crippen LogP contribution in [0.1, 0.15) is 70.6 Å². The number of ketones is 1. The van der Waals surface area contributed by atoms with Gasteiger partial charge in [-0.25, -0.2) is 4.18 Å². The van der Waals surface area contributed by atoms with E-state index in [0.29, 0.717) is 12.8 Å². The maximum atomic E-state index is 12.6. The molecular weight excluding hydrogens is 412 g/mol. The lowest BCUT2D eigenvalue weighted by atomic mass is 9.43. The van der Waals surface area contributed by atoms with Crippen LogP contribution in [-0.2, 0) is 19.4 Å². The molecule has 0 spiro atoms. The Hall–Kier alpha value is -0.580. The molecule has 0 amide bonds. The van der Waals surface area contributed by atoms with Crippen molar-refractivity contribution in [1.29, 1.82) is 0 Å². The molecule has 0 radical (unpaired) electrons. The summed E-state index contributed by atoms with van der Waals surface area (Å²) in [6.45, 7) is 2.07. The number of carbonyl (C=O) groups is 1. The van der Waals surface area contributed by atoms with E-state index in [1.165, 1.54) is 6.92 Å². The SMILES string of the molecule is [2H]C1([2H])[C@]([2H])(O)[C@@]2([2H])[C@@H](CC[C@H]3C[C@H](OS(=O)(=O)O)CC[C@@]32C)[C@@H]2CC[C@](O)(C(=O)CO)[C@]21C. The van der Waals surface area contributed by atoms with Gasteiger partial charge in [0.25, 0.3) is 0 Å². The van der Waals surface area contributed by atoms with Gasteiger partial charge in [-0.05, 0) is 80.4 Å². The average molecular weight is 451 g/mol. The van der Waals surface area contributed by atoms with Crippen molar-refractivity contribution in [2.75, 3.05) is 6.61 Å². The van der Waals surface area contributed by atoms with Crippen LogP contribution in [0.3, 0.4) is 0 Å². The van der Waals surface area contributed by atoms with E-state index < -0.39 is 75.5 Å². The van der Waals surface area contributed by atoms with Crippen LogP contribution in [0.2, 0.25) is 0 Å². The minimum absolute atomic E-state index is 0.133. The molecule has 0 aromatic heterocycles. The van der Waals surface area contributed by atoms with E-state index in [1.807, 2.05) is 0 Å². The molecule has 4 aliphatic carbocycles. The monoisotopic (exact) mass is 450 g/mol. The van der Waals surface area contributed by atoms with E-state index in [4.69, 9.17) is 12.8 Å². The second-order valence-corrected chi connectivity index (χ2v) is 10.9. The Morgan fingerprint density at radius 2 is 1.93 bits per heavy atom. The summed E-state index contributed by atoms with van der Waals surface area (Å²) in [7, 11) is -4.68. The van der Waals surface area contributed by atoms with Gasteiger partial charge in [-0.3, -0.25) is 9.35 Å². The average Bonchev–Trinajstić information content (AvgIpc) is 3.00. The summed E-state index contributed by atoms with van der Waals surface area (Å²) in [6.07, 6.45) is -5.43. The predicted octanol–water partition coefficient (Wildman–Crippen LogP) is 1.48. The van der Waals surface area contributed by atoms with Gasteiger partial charge in [0.1, 0.15) is 12.2 Å². The summed E-state index contributed by atoms with van der Waals surface area (Å²) >= 11 is 0. The third-order valence-corrected chi connectivity index (χ3v) is 9.16. The molecule has 9 atom stereocenters. The molecular formula is C21H34O8S. The largest absolute Gasteiger partial charge is 0.397 e. The number of fused-ring (bicyclic) bond motifs is 5. The minimum Gasteiger partial charge on any atom is -0.393 e. The molecule has 30 heavy (non-hydrogen) atoms. The molecule has 0 aliphatic heterocycles. The molecule has 0 aromatic rings. The molecule has 9 heteroatoms. The summed E-state index contributed by atoms with van der Waals surface area (Å²) in [4.78, 5) is 12.6. The van der Waals surface area contributed by atoms with Crippen molar-refractivity contribution in [2.45, 2.75) is 83.0 Å². The lowest BCUT2D eigenvalue weighted by Gasteiger charge is -2.62. The fourth-order valence-corrected chi connectivity index (χ4v) is 7.62. The predicted molar refractivity (Wildman–Crippen MR) is 107 cm³/mol. The van der Waals surface area contributed by atoms with Crippen molar-refractivity contribution in [2.24, 2.45) is 34.5 Å². The van der Waals surface area contributed by atoms with Crippen molar-refractivity contribution < 1.29 is 42.8 Å². The summed E-state index contributed by atoms with van der Waals surface area (Å²) in [5.74, 6) is -4.79. The maximum absolute atomic E-state index is 12.6. The van der Waals surface area contributed by atoms with Gasteiger partial charge in [-0.15, -0.1) is 0 Å². The van der Waals surface area contributed by atoms with E-state index >= 15 is 0 Å². The number of carbonyl (C=O) groups excluding carboxylic acids is 1. The van der Waals surface area contributed by atoms with E-state index in [2.05, 4.69) is 0 Å². The standard InChI is InChI=1S/C21H34O8S/c1-19-7-5-13(29-30(26,27)28)9-12(19)3-4-14-15-6-8-21(25,17(24)11-22)20(15,2)10-16(23)18(14)19/h12-16,18,22-23,25H,3-11H2,1-2H3,(H,26,27,28)/t12-,13+,14-,15-,16-,18+,19-,20-,21-/m0/s1/i10D2,16D,18D. The highest BCUT2D eigenvalue weighted by atomic mass is 32.3. The van der Waals surface area contributed by atoms with Gasteiger partial charge in [0, 0.05) is 9.53 Å². The van der Waals surface area contributed by atoms with Crippen LogP contribution in [0.4, 0.5) is 0 Å². The summed E-state index contributed by atoms with van der Waals surface area (Å²) in [5, 5.41) is 32.6. The smallest absolute Gasteiger partial charge is 0.393 e. The van der Waals surface area contributed by atoms with Crippen molar-refractivity contribution >= 4 is 16.2 Å². The van der Waals surface area contributed by atoms with Gasteiger partial charge in [-0.1, -0.05) is 13.8 Å². The molecule has 172 valence electrons. The fourth-order valence-electron chi connectivity index (χ4n) is 7.10. The Labute approximate surface area is 183 Å². The first kappa shape index (κ1) is 17.9. The fraction of sp³-hybridized carbons (Fsp3) is 0.952. The quantitative estimate of drug-likeness (QED) is 0.472. The van der Waals surface area contributed by atoms with Crippen LogP contribution in [0, 0.1) is 34.5 Å². The first-order chi connectivity index (χ1) is 15.3. The summed E-state index contributed by atoms with van der Waals surface area (Å²) in [5.41, 5.74) is -5.28. The van der Waals surface area contributed by atoms with E-state index in [-0.39, 0.29) is 38.0 Å². The molecule has 0 aromatic carbocycles. The van der Waals surface area contributed by atoms with Crippen molar-refractivity contribution in [3.05, 3.63) is 0 Å². The molecule has 4 rings (SSSR count). The number of hydrogen-bond acceptors (Lipinski definition) is 7. The molecule has 0 heterocycles. The van der Waals surface area contributed by atoms with Crippen molar-refractivity contribution in [1.82, 2.24) is 0 Å². The zero-order chi connectivity index (χ0) is 25.8. The molecule has 4 aliphatic rings. The highest BCUT2D eigenvalue weighted by Crippen LogP contribution is 2.68. The van der Waals surface area contributed by atoms with Crippen LogP contribution >= 0.6 is 0 Å². The first-order valence-corrected chi connectivity index (χ1v) is 12.0. The maximum Gasteiger partial charge on any atom is 0.397 e. The molecule has 4 saturated carbocycles. The third-order valence-electron chi connectivity index (χ3n) is 8.65. The number of hydrogen-bond donors (Lipinski definition) is 4. The normalized spacial score (nSPS) is 59.5. The summed E-state index contributed by atoms with van der Waals surface area (Å²) in [6, 6.07) is 0. The lowest BCUT2D eigenvalue weighted by Crippen LogP contribution is -2.63. The molecule has 0 unspecified atom stereocenters. The van der Waals surface area contributed by atoms with Crippen LogP contribution in [0.15, 0.2) is 0 Å². The lowest BCUT2D eigenvalue weighted by molar-refractivity contribution is -0.202. The summed E-state index contributed by atoms with van der Waals surface area (Å²) < 4.78 is 72.8. The highest BCUT2D eigenvalue weighted by Gasteiger charge is 2.68. The van der Waals surface area contributed by atoms with E-state index in [1.54, 1.807) is 6.92 Å². The van der Waals surface area contributed by atoms with Gasteiger partial charge in [0.15, 0.2) is 5.78 Å². The van der Waals surface area contributed by atoms with Crippen LogP contribution in [0.25, 0.3) is 0 Å². The number of aliphatic hydroxyl groups excluding tert-OH is 1. The third kappa shape index (κ3) is 3.19. The molecule has 8 nitrogen and oxygen atoms in total. The van der Waals surface area contributed by atoms with Crippen molar-refractivity contribution in [3.8, 4) is 0 Å². The second kappa shape index (κ2) is 7.22. The van der Waals surface area contributed by atoms with Gasteiger partial charge >= 0.3 is 10.4 Å². The van der Waals surface area contributed by atoms with Crippen LogP contribution < -0.4 is 0 Å². The Bertz CT molecular complexity index is 991. The second-order valence-electron chi connectivity index (χ2n) is 9.89. The van der Waals surface area contributed by atoms with E-state index in [9.17, 15) is 29.9 Å². The van der Waals surface area contributed by atoms with Gasteiger partial charge in [0.2, 0.25) is 0 Å². The molecule has 4 N–H and O–H groups in total. The number of Topliss-reactive ketones (excluding diaryl/α,β-unsaturated/α-hetero) is 1. The Morgan fingerprint density at radius 1 is 1.23 bits per heavy atom. The van der Waals surface area contributed by atoms with Crippen LogP contribution in [-0.4, -0.2) is 58.5 Å². The Balaban J connectivity index is 1.82. The first-order valence-electron chi connectivity index (χ1n) is 12.6. The topological polar surface area (TPSA) is 141 Å². The number of aliphatic hydroxyl groups is 3. The Morgan fingerprint density at radius 3 is 2.57 bits per heavy atom. The van der Waals surface area contributed by atoms with Crippen molar-refractivity contribution in [3.63, 3.8) is 0 Å². The molecule has 4 fully saturated rings.